The van der Waals surface area contributed by atoms with Gasteiger partial charge in [-0.3, -0.25) is 9.20 Å². The fraction of sp³-hybridized carbons (Fsp3) is 0.0769. The first-order valence-corrected chi connectivity index (χ1v) is 6.41. The highest BCUT2D eigenvalue weighted by Crippen LogP contribution is 2.10. The van der Waals surface area contributed by atoms with E-state index in [1.54, 1.807) is 39.7 Å². The molecule has 6 heteroatoms. The highest BCUT2D eigenvalue weighted by Gasteiger charge is 2.07. The molecule has 0 atom stereocenters. The van der Waals surface area contributed by atoms with Crippen LogP contribution in [0.25, 0.3) is 5.65 Å². The van der Waals surface area contributed by atoms with Crippen LogP contribution in [0.3, 0.4) is 0 Å². The Morgan fingerprint density at radius 3 is 2.68 bits per heavy atom. The Morgan fingerprint density at radius 1 is 1.21 bits per heavy atom. The van der Waals surface area contributed by atoms with E-state index >= 15 is 0 Å². The smallest absolute Gasteiger partial charge is 0.294 e. The van der Waals surface area contributed by atoms with Crippen LogP contribution in [-0.4, -0.2) is 14.0 Å². The van der Waals surface area contributed by atoms with E-state index in [1.165, 1.54) is 12.1 Å². The number of nitrogens with zero attached hydrogens (tertiary/aromatic N) is 3. The molecule has 0 aliphatic carbocycles. The molecule has 0 fully saturated rings. The van der Waals surface area contributed by atoms with Crippen molar-refractivity contribution in [2.45, 2.75) is 6.54 Å². The molecule has 0 spiro atoms. The lowest BCUT2D eigenvalue weighted by Gasteiger charge is -2.06. The third-order valence-electron chi connectivity index (χ3n) is 2.87. The molecule has 0 aliphatic rings. The number of hydrogen-bond donors (Lipinski definition) is 0. The summed E-state index contributed by atoms with van der Waals surface area (Å²) in [5.74, 6) is -0.288. The van der Waals surface area contributed by atoms with Gasteiger partial charge in [0.2, 0.25) is 5.65 Å². The van der Waals surface area contributed by atoms with Gasteiger partial charge in [0.05, 0.1) is 12.7 Å². The minimum absolute atomic E-state index is 0.183. The molecule has 0 bridgehead atoms. The van der Waals surface area contributed by atoms with E-state index in [4.69, 9.17) is 0 Å². The highest BCUT2D eigenvalue weighted by atomic mass is 79.9. The zero-order chi connectivity index (χ0) is 13.4. The van der Waals surface area contributed by atoms with Gasteiger partial charge in [-0.1, -0.05) is 12.1 Å². The van der Waals surface area contributed by atoms with E-state index in [1.807, 2.05) is 0 Å². The maximum Gasteiger partial charge on any atom is 0.294 e. The van der Waals surface area contributed by atoms with E-state index in [0.29, 0.717) is 12.2 Å². The van der Waals surface area contributed by atoms with Gasteiger partial charge in [-0.25, -0.2) is 9.37 Å². The first kappa shape index (κ1) is 12.1. The highest BCUT2D eigenvalue weighted by molar-refractivity contribution is 9.10. The molecule has 1 aromatic carbocycles. The molecule has 0 aliphatic heterocycles. The molecular weight excluding hydrogens is 313 g/mol. The van der Waals surface area contributed by atoms with Crippen molar-refractivity contribution in [1.82, 2.24) is 14.0 Å². The average molecular weight is 322 g/mol. The molecule has 96 valence electrons. The quantitative estimate of drug-likeness (QED) is 0.727. The second-order valence-electron chi connectivity index (χ2n) is 4.13. The van der Waals surface area contributed by atoms with Crippen LogP contribution in [-0.2, 0) is 6.54 Å². The van der Waals surface area contributed by atoms with Crippen molar-refractivity contribution < 1.29 is 4.39 Å². The monoisotopic (exact) mass is 321 g/mol. The second-order valence-corrected chi connectivity index (χ2v) is 4.94. The lowest BCUT2D eigenvalue weighted by Crippen LogP contribution is -2.22. The third-order valence-corrected chi connectivity index (χ3v) is 3.45. The van der Waals surface area contributed by atoms with Crippen molar-refractivity contribution in [2.75, 3.05) is 0 Å². The molecular formula is C13H9BrFN3O. The third kappa shape index (κ3) is 2.19. The molecule has 0 saturated carbocycles. The number of hydrogen-bond acceptors (Lipinski definition) is 2. The van der Waals surface area contributed by atoms with E-state index < -0.39 is 0 Å². The largest absolute Gasteiger partial charge is 0.306 e. The van der Waals surface area contributed by atoms with Gasteiger partial charge >= 0.3 is 0 Å². The Labute approximate surface area is 116 Å². The van der Waals surface area contributed by atoms with Gasteiger partial charge in [0.1, 0.15) is 10.4 Å². The molecule has 2 heterocycles. The SMILES string of the molecule is O=c1c2ncc(Br)n2ccn1Cc1ccc(F)cc1. The van der Waals surface area contributed by atoms with Crippen LogP contribution >= 0.6 is 15.9 Å². The number of fused-ring (bicyclic) bond motifs is 1. The normalized spacial score (nSPS) is 11.1. The topological polar surface area (TPSA) is 39.3 Å². The minimum atomic E-state index is -0.288. The van der Waals surface area contributed by atoms with E-state index in [2.05, 4.69) is 20.9 Å². The first-order valence-electron chi connectivity index (χ1n) is 5.61. The number of aromatic nitrogens is 3. The van der Waals surface area contributed by atoms with Crippen LogP contribution in [0, 0.1) is 5.82 Å². The Balaban J connectivity index is 2.04. The average Bonchev–Trinajstić information content (AvgIpc) is 2.78. The van der Waals surface area contributed by atoms with Crippen LogP contribution in [0.2, 0.25) is 0 Å². The van der Waals surface area contributed by atoms with Gasteiger partial charge in [0.15, 0.2) is 0 Å². The molecule has 0 radical (unpaired) electrons. The zero-order valence-corrected chi connectivity index (χ0v) is 11.3. The number of imidazole rings is 1. The Bertz CT molecular complexity index is 792. The molecule has 4 nitrogen and oxygen atoms in total. The van der Waals surface area contributed by atoms with E-state index in [0.717, 1.165) is 10.2 Å². The summed E-state index contributed by atoms with van der Waals surface area (Å²) in [4.78, 5) is 16.3. The van der Waals surface area contributed by atoms with Crippen LogP contribution in [0.1, 0.15) is 5.56 Å². The van der Waals surface area contributed by atoms with Gasteiger partial charge in [-0.05, 0) is 33.6 Å². The molecule has 0 N–H and O–H groups in total. The standard InChI is InChI=1S/C13H9BrFN3O/c14-11-7-16-12-13(19)17(5-6-18(11)12)8-9-1-3-10(15)4-2-9/h1-7H,8H2. The lowest BCUT2D eigenvalue weighted by atomic mass is 10.2. The minimum Gasteiger partial charge on any atom is -0.306 e. The number of halogens is 2. The van der Waals surface area contributed by atoms with Crippen LogP contribution in [0.5, 0.6) is 0 Å². The zero-order valence-electron chi connectivity index (χ0n) is 9.75. The summed E-state index contributed by atoms with van der Waals surface area (Å²) in [5.41, 5.74) is 1.03. The van der Waals surface area contributed by atoms with Crippen LogP contribution in [0.15, 0.2) is 52.3 Å². The summed E-state index contributed by atoms with van der Waals surface area (Å²) in [7, 11) is 0. The number of benzene rings is 1. The molecule has 0 amide bonds. The van der Waals surface area contributed by atoms with Crippen molar-refractivity contribution in [1.29, 1.82) is 0 Å². The van der Waals surface area contributed by atoms with Crippen molar-refractivity contribution >= 4 is 21.6 Å². The predicted molar refractivity (Wildman–Crippen MR) is 72.7 cm³/mol. The molecule has 0 saturated heterocycles. The van der Waals surface area contributed by atoms with Gasteiger partial charge in [0, 0.05) is 12.4 Å². The first-order chi connectivity index (χ1) is 9.15. The fourth-order valence-electron chi connectivity index (χ4n) is 1.89. The number of rotatable bonds is 2. The van der Waals surface area contributed by atoms with Crippen molar-refractivity contribution in [3.8, 4) is 0 Å². The summed E-state index contributed by atoms with van der Waals surface area (Å²) >= 11 is 3.31. The fourth-order valence-corrected chi connectivity index (χ4v) is 2.28. The summed E-state index contributed by atoms with van der Waals surface area (Å²) in [6, 6.07) is 6.08. The molecule has 19 heavy (non-hydrogen) atoms. The molecule has 3 rings (SSSR count). The Morgan fingerprint density at radius 2 is 1.95 bits per heavy atom. The van der Waals surface area contributed by atoms with Crippen LogP contribution < -0.4 is 5.56 Å². The predicted octanol–water partition coefficient (Wildman–Crippen LogP) is 2.45. The molecule has 2 aromatic heterocycles. The van der Waals surface area contributed by atoms with Gasteiger partial charge in [-0.15, -0.1) is 0 Å². The van der Waals surface area contributed by atoms with E-state index in [-0.39, 0.29) is 11.4 Å². The van der Waals surface area contributed by atoms with Gasteiger partial charge in [0.25, 0.3) is 5.56 Å². The summed E-state index contributed by atoms with van der Waals surface area (Å²) < 4.78 is 16.8. The maximum atomic E-state index is 12.8. The molecule has 3 aromatic rings. The van der Waals surface area contributed by atoms with Crippen molar-refractivity contribution in [3.63, 3.8) is 0 Å². The Kier molecular flexibility index (Phi) is 2.94. The summed E-state index contributed by atoms with van der Waals surface area (Å²) in [6.07, 6.45) is 5.03. The summed E-state index contributed by atoms with van der Waals surface area (Å²) in [6.45, 7) is 0.389. The molecule has 0 unspecified atom stereocenters. The van der Waals surface area contributed by atoms with Crippen molar-refractivity contribution in [3.05, 3.63) is 69.2 Å². The van der Waals surface area contributed by atoms with Crippen molar-refractivity contribution in [2.24, 2.45) is 0 Å². The second kappa shape index (κ2) is 4.62. The Hall–Kier alpha value is -1.95. The van der Waals surface area contributed by atoms with Gasteiger partial charge in [-0.2, -0.15) is 0 Å². The van der Waals surface area contributed by atoms with Gasteiger partial charge < -0.3 is 4.57 Å². The van der Waals surface area contributed by atoms with Crippen LogP contribution in [0.4, 0.5) is 4.39 Å². The lowest BCUT2D eigenvalue weighted by molar-refractivity contribution is 0.626. The summed E-state index contributed by atoms with van der Waals surface area (Å²) in [5, 5.41) is 0. The maximum absolute atomic E-state index is 12.8. The van der Waals surface area contributed by atoms with E-state index in [9.17, 15) is 9.18 Å².